The molecule has 0 saturated heterocycles. The molecule has 4 nitrogen and oxygen atoms in total. The fourth-order valence-corrected chi connectivity index (χ4v) is 1.79. The summed E-state index contributed by atoms with van der Waals surface area (Å²) in [6.07, 6.45) is 1.57. The monoisotopic (exact) mass is 286 g/mol. The number of rotatable bonds is 5. The van der Waals surface area contributed by atoms with Crippen LogP contribution in [-0.2, 0) is 6.54 Å². The molecule has 0 saturated carbocycles. The first-order chi connectivity index (χ1) is 10.8. The Hall–Kier alpha value is -3.37. The summed E-state index contributed by atoms with van der Waals surface area (Å²) in [5.41, 5.74) is 2.14. The second kappa shape index (κ2) is 8.04. The lowest BCUT2D eigenvalue weighted by Gasteiger charge is -2.05. The average Bonchev–Trinajstić information content (AvgIpc) is 2.59. The van der Waals surface area contributed by atoms with Gasteiger partial charge in [0, 0.05) is 12.8 Å². The van der Waals surface area contributed by atoms with Crippen LogP contribution in [0.2, 0.25) is 0 Å². The van der Waals surface area contributed by atoms with Crippen molar-refractivity contribution in [1.29, 1.82) is 10.5 Å². The molecule has 0 fully saturated rings. The van der Waals surface area contributed by atoms with E-state index in [4.69, 9.17) is 0 Å². The zero-order chi connectivity index (χ0) is 15.6. The Bertz CT molecular complexity index is 747. The summed E-state index contributed by atoms with van der Waals surface area (Å²) in [5.74, 6) is 0. The van der Waals surface area contributed by atoms with Crippen molar-refractivity contribution in [2.24, 2.45) is 4.99 Å². The Labute approximate surface area is 129 Å². The molecule has 0 aromatic heterocycles. The molecule has 0 aliphatic heterocycles. The van der Waals surface area contributed by atoms with Crippen LogP contribution in [0, 0.1) is 22.7 Å². The van der Waals surface area contributed by atoms with Crippen molar-refractivity contribution in [2.75, 3.05) is 0 Å². The normalized spacial score (nSPS) is 11.4. The van der Waals surface area contributed by atoms with Gasteiger partial charge in [0.05, 0.1) is 0 Å². The third kappa shape index (κ3) is 4.33. The SMILES string of the molecule is N#C/C(N=Cc1ccccc1)=C(/C#N)NCc1ccccc1. The van der Waals surface area contributed by atoms with E-state index < -0.39 is 0 Å². The van der Waals surface area contributed by atoms with Crippen LogP contribution in [0.3, 0.4) is 0 Å². The summed E-state index contributed by atoms with van der Waals surface area (Å²) < 4.78 is 0. The van der Waals surface area contributed by atoms with Crippen LogP contribution in [0.15, 0.2) is 77.1 Å². The summed E-state index contributed by atoms with van der Waals surface area (Å²) >= 11 is 0. The lowest BCUT2D eigenvalue weighted by molar-refractivity contribution is 0.828. The van der Waals surface area contributed by atoms with Gasteiger partial charge in [-0.1, -0.05) is 60.7 Å². The van der Waals surface area contributed by atoms with Crippen molar-refractivity contribution >= 4 is 6.21 Å². The van der Waals surface area contributed by atoms with Crippen LogP contribution in [0.5, 0.6) is 0 Å². The van der Waals surface area contributed by atoms with Gasteiger partial charge in [0.15, 0.2) is 11.4 Å². The van der Waals surface area contributed by atoms with Gasteiger partial charge in [0.1, 0.15) is 12.1 Å². The molecule has 0 atom stereocenters. The van der Waals surface area contributed by atoms with Gasteiger partial charge in [0.25, 0.3) is 0 Å². The van der Waals surface area contributed by atoms with Crippen molar-refractivity contribution in [2.45, 2.75) is 6.54 Å². The maximum Gasteiger partial charge on any atom is 0.174 e. The maximum absolute atomic E-state index is 9.21. The van der Waals surface area contributed by atoms with Crippen LogP contribution < -0.4 is 5.32 Å². The minimum Gasteiger partial charge on any atom is -0.370 e. The summed E-state index contributed by atoms with van der Waals surface area (Å²) in [6.45, 7) is 0.468. The standard InChI is InChI=1S/C18H14N4/c19-11-17(21-13-15-7-3-1-4-8-15)18(12-20)22-14-16-9-5-2-6-10-16/h1-10,13,22H,14H2/b18-17+,21-13?. The molecule has 2 aromatic carbocycles. The Morgan fingerprint density at radius 3 is 2.18 bits per heavy atom. The average molecular weight is 286 g/mol. The van der Waals surface area contributed by atoms with Gasteiger partial charge in [-0.15, -0.1) is 0 Å². The summed E-state index contributed by atoms with van der Waals surface area (Å²) in [4.78, 5) is 4.10. The fourth-order valence-electron chi connectivity index (χ4n) is 1.79. The van der Waals surface area contributed by atoms with E-state index in [0.29, 0.717) is 6.54 Å². The molecule has 2 aromatic rings. The third-order valence-corrected chi connectivity index (χ3v) is 2.91. The van der Waals surface area contributed by atoms with Crippen molar-refractivity contribution in [3.63, 3.8) is 0 Å². The zero-order valence-corrected chi connectivity index (χ0v) is 11.9. The van der Waals surface area contributed by atoms with E-state index >= 15 is 0 Å². The highest BCUT2D eigenvalue weighted by atomic mass is 14.9. The second-order valence-corrected chi connectivity index (χ2v) is 4.46. The topological polar surface area (TPSA) is 72.0 Å². The first kappa shape index (κ1) is 15.0. The number of nitriles is 2. The fraction of sp³-hybridized carbons (Fsp3) is 0.0556. The van der Waals surface area contributed by atoms with Crippen molar-refractivity contribution < 1.29 is 0 Å². The molecule has 1 N–H and O–H groups in total. The van der Waals surface area contributed by atoms with Crippen molar-refractivity contribution in [1.82, 2.24) is 5.32 Å². The zero-order valence-electron chi connectivity index (χ0n) is 11.9. The van der Waals surface area contributed by atoms with Crippen molar-refractivity contribution in [3.8, 4) is 12.1 Å². The van der Waals surface area contributed by atoms with E-state index in [1.165, 1.54) is 0 Å². The van der Waals surface area contributed by atoms with Crippen LogP contribution in [0.4, 0.5) is 0 Å². The Kier molecular flexibility index (Phi) is 5.49. The van der Waals surface area contributed by atoms with E-state index in [0.717, 1.165) is 11.1 Å². The van der Waals surface area contributed by atoms with E-state index in [2.05, 4.69) is 10.3 Å². The Morgan fingerprint density at radius 2 is 1.59 bits per heavy atom. The lowest BCUT2D eigenvalue weighted by Crippen LogP contribution is -2.13. The van der Waals surface area contributed by atoms with Crippen molar-refractivity contribution in [3.05, 3.63) is 83.2 Å². The van der Waals surface area contributed by atoms with Gasteiger partial charge in [0.2, 0.25) is 0 Å². The highest BCUT2D eigenvalue weighted by molar-refractivity contribution is 5.80. The van der Waals surface area contributed by atoms with Crippen LogP contribution in [0.25, 0.3) is 0 Å². The first-order valence-electron chi connectivity index (χ1n) is 6.75. The molecule has 4 heteroatoms. The van der Waals surface area contributed by atoms with E-state index in [1.807, 2.05) is 72.8 Å². The molecule has 22 heavy (non-hydrogen) atoms. The maximum atomic E-state index is 9.21. The predicted octanol–water partition coefficient (Wildman–Crippen LogP) is 3.15. The highest BCUT2D eigenvalue weighted by Gasteiger charge is 2.04. The minimum atomic E-state index is 0.0716. The summed E-state index contributed by atoms with van der Waals surface area (Å²) in [5, 5.41) is 21.4. The van der Waals surface area contributed by atoms with Gasteiger partial charge >= 0.3 is 0 Å². The van der Waals surface area contributed by atoms with Gasteiger partial charge in [-0.2, -0.15) is 10.5 Å². The second-order valence-electron chi connectivity index (χ2n) is 4.46. The van der Waals surface area contributed by atoms with Crippen LogP contribution >= 0.6 is 0 Å². The number of hydrogen-bond donors (Lipinski definition) is 1. The number of hydrogen-bond acceptors (Lipinski definition) is 4. The van der Waals surface area contributed by atoms with E-state index in [1.54, 1.807) is 6.21 Å². The number of allylic oxidation sites excluding steroid dienone is 2. The molecular formula is C18H14N4. The first-order valence-corrected chi connectivity index (χ1v) is 6.75. The quantitative estimate of drug-likeness (QED) is 0.678. The Balaban J connectivity index is 2.14. The molecule has 0 bridgehead atoms. The predicted molar refractivity (Wildman–Crippen MR) is 85.6 cm³/mol. The van der Waals surface area contributed by atoms with Crippen LogP contribution in [0.1, 0.15) is 11.1 Å². The lowest BCUT2D eigenvalue weighted by atomic mass is 10.2. The van der Waals surface area contributed by atoms with E-state index in [-0.39, 0.29) is 11.4 Å². The molecule has 106 valence electrons. The smallest absolute Gasteiger partial charge is 0.174 e. The summed E-state index contributed by atoms with van der Waals surface area (Å²) in [7, 11) is 0. The molecule has 0 amide bonds. The number of aliphatic imine (C=N–C) groups is 1. The van der Waals surface area contributed by atoms with E-state index in [9.17, 15) is 10.5 Å². The van der Waals surface area contributed by atoms with Gasteiger partial charge in [-0.05, 0) is 11.1 Å². The number of benzene rings is 2. The Morgan fingerprint density at radius 1 is 0.955 bits per heavy atom. The van der Waals surface area contributed by atoms with Gasteiger partial charge < -0.3 is 5.32 Å². The van der Waals surface area contributed by atoms with Gasteiger partial charge in [-0.3, -0.25) is 0 Å². The number of nitrogens with one attached hydrogen (secondary N) is 1. The molecular weight excluding hydrogens is 272 g/mol. The molecule has 0 radical (unpaired) electrons. The van der Waals surface area contributed by atoms with Gasteiger partial charge in [-0.25, -0.2) is 4.99 Å². The highest BCUT2D eigenvalue weighted by Crippen LogP contribution is 2.05. The minimum absolute atomic E-state index is 0.0716. The van der Waals surface area contributed by atoms with Crippen LogP contribution in [-0.4, -0.2) is 6.21 Å². The largest absolute Gasteiger partial charge is 0.370 e. The number of nitrogens with zero attached hydrogens (tertiary/aromatic N) is 3. The molecule has 0 aliphatic rings. The molecule has 0 spiro atoms. The molecule has 2 rings (SSSR count). The molecule has 0 heterocycles. The third-order valence-electron chi connectivity index (χ3n) is 2.91. The molecule has 0 aliphatic carbocycles. The molecule has 0 unspecified atom stereocenters. The summed E-state index contributed by atoms with van der Waals surface area (Å²) in [6, 6.07) is 23.0.